The van der Waals surface area contributed by atoms with Crippen LogP contribution >= 0.6 is 0 Å². The number of hydrogen-bond acceptors (Lipinski definition) is 3. The molecule has 3 nitrogen and oxygen atoms in total. The van der Waals surface area contributed by atoms with Gasteiger partial charge >= 0.3 is 0 Å². The zero-order valence-corrected chi connectivity index (χ0v) is 9.26. The lowest BCUT2D eigenvalue weighted by Gasteiger charge is -2.10. The minimum Gasteiger partial charge on any atom is -0.493 e. The summed E-state index contributed by atoms with van der Waals surface area (Å²) in [4.78, 5) is 4.24. The molecule has 84 valence electrons. The predicted octanol–water partition coefficient (Wildman–Crippen LogP) is 2.24. The van der Waals surface area contributed by atoms with E-state index in [0.29, 0.717) is 6.61 Å². The molecule has 1 unspecified atom stereocenters. The molecule has 0 saturated carbocycles. The van der Waals surface area contributed by atoms with Gasteiger partial charge in [-0.15, -0.1) is 0 Å². The van der Waals surface area contributed by atoms with E-state index in [0.717, 1.165) is 16.7 Å². The molecule has 16 heavy (non-hydrogen) atoms. The highest BCUT2D eigenvalue weighted by molar-refractivity contribution is 5.79. The average molecular weight is 217 g/mol. The summed E-state index contributed by atoms with van der Waals surface area (Å²) in [5.74, 6) is 0.977. The van der Waals surface area contributed by atoms with Crippen molar-refractivity contribution in [3.05, 3.63) is 36.5 Å². The monoisotopic (exact) mass is 217 g/mol. The molecule has 0 fully saturated rings. The first-order chi connectivity index (χ1) is 7.79. The van der Waals surface area contributed by atoms with E-state index in [1.165, 1.54) is 0 Å². The molecule has 2 aromatic rings. The Labute approximate surface area is 94.7 Å². The second kappa shape index (κ2) is 4.94. The highest BCUT2D eigenvalue weighted by Crippen LogP contribution is 2.19. The van der Waals surface area contributed by atoms with Crippen LogP contribution in [0.4, 0.5) is 0 Å². The van der Waals surface area contributed by atoms with Gasteiger partial charge in [0.1, 0.15) is 5.75 Å². The van der Waals surface area contributed by atoms with Crippen molar-refractivity contribution in [2.24, 2.45) is 5.92 Å². The third-order valence-electron chi connectivity index (χ3n) is 2.42. The second-order valence-corrected chi connectivity index (χ2v) is 3.96. The van der Waals surface area contributed by atoms with Crippen molar-refractivity contribution in [1.82, 2.24) is 4.98 Å². The number of benzene rings is 1. The molecule has 2 rings (SSSR count). The van der Waals surface area contributed by atoms with Crippen molar-refractivity contribution in [1.29, 1.82) is 0 Å². The van der Waals surface area contributed by atoms with Crippen molar-refractivity contribution in [2.45, 2.75) is 6.92 Å². The number of pyridine rings is 1. The Hall–Kier alpha value is -1.61. The Morgan fingerprint density at radius 3 is 3.06 bits per heavy atom. The van der Waals surface area contributed by atoms with Crippen LogP contribution in [0.2, 0.25) is 0 Å². The van der Waals surface area contributed by atoms with Crippen LogP contribution in [0.25, 0.3) is 10.9 Å². The number of aliphatic hydroxyl groups excluding tert-OH is 1. The van der Waals surface area contributed by atoms with E-state index in [1.807, 2.05) is 37.3 Å². The molecule has 0 aliphatic heterocycles. The number of ether oxygens (including phenoxy) is 1. The summed E-state index contributed by atoms with van der Waals surface area (Å²) in [6.45, 7) is 2.63. The van der Waals surface area contributed by atoms with Gasteiger partial charge in [0, 0.05) is 24.1 Å². The topological polar surface area (TPSA) is 42.4 Å². The van der Waals surface area contributed by atoms with Crippen molar-refractivity contribution in [3.63, 3.8) is 0 Å². The van der Waals surface area contributed by atoms with Crippen LogP contribution in [-0.4, -0.2) is 23.3 Å². The van der Waals surface area contributed by atoms with Crippen LogP contribution in [0.5, 0.6) is 5.75 Å². The third-order valence-corrected chi connectivity index (χ3v) is 2.42. The van der Waals surface area contributed by atoms with Crippen LogP contribution in [-0.2, 0) is 0 Å². The van der Waals surface area contributed by atoms with Crippen molar-refractivity contribution in [3.8, 4) is 5.75 Å². The van der Waals surface area contributed by atoms with E-state index in [1.54, 1.807) is 6.20 Å². The van der Waals surface area contributed by atoms with Gasteiger partial charge in [-0.25, -0.2) is 0 Å². The Balaban J connectivity index is 2.13. The minimum absolute atomic E-state index is 0.148. The quantitative estimate of drug-likeness (QED) is 0.854. The number of aromatic nitrogens is 1. The summed E-state index contributed by atoms with van der Waals surface area (Å²) in [7, 11) is 0. The molecule has 0 aliphatic rings. The molecule has 0 aliphatic carbocycles. The maximum absolute atomic E-state index is 8.89. The fourth-order valence-corrected chi connectivity index (χ4v) is 1.43. The van der Waals surface area contributed by atoms with Gasteiger partial charge in [-0.3, -0.25) is 4.98 Å². The van der Waals surface area contributed by atoms with Crippen molar-refractivity contribution < 1.29 is 9.84 Å². The fourth-order valence-electron chi connectivity index (χ4n) is 1.43. The lowest BCUT2D eigenvalue weighted by atomic mass is 10.2. The highest BCUT2D eigenvalue weighted by atomic mass is 16.5. The van der Waals surface area contributed by atoms with E-state index in [2.05, 4.69) is 4.98 Å². The second-order valence-electron chi connectivity index (χ2n) is 3.96. The van der Waals surface area contributed by atoms with E-state index in [4.69, 9.17) is 9.84 Å². The van der Waals surface area contributed by atoms with Crippen LogP contribution < -0.4 is 4.74 Å². The van der Waals surface area contributed by atoms with E-state index in [9.17, 15) is 0 Å². The molecule has 0 spiro atoms. The molecule has 1 heterocycles. The van der Waals surface area contributed by atoms with Gasteiger partial charge < -0.3 is 9.84 Å². The van der Waals surface area contributed by atoms with Crippen LogP contribution in [0.15, 0.2) is 36.5 Å². The minimum atomic E-state index is 0.148. The number of fused-ring (bicyclic) bond motifs is 1. The van der Waals surface area contributed by atoms with Gasteiger partial charge in [0.2, 0.25) is 0 Å². The van der Waals surface area contributed by atoms with Crippen molar-refractivity contribution in [2.75, 3.05) is 13.2 Å². The average Bonchev–Trinajstić information content (AvgIpc) is 2.35. The standard InChI is InChI=1S/C13H15NO2/c1-10(8-15)9-16-12-4-5-13-11(7-12)3-2-6-14-13/h2-7,10,15H,8-9H2,1H3. The van der Waals surface area contributed by atoms with Gasteiger partial charge in [-0.2, -0.15) is 0 Å². The molecular weight excluding hydrogens is 202 g/mol. The van der Waals surface area contributed by atoms with Gasteiger partial charge in [0.25, 0.3) is 0 Å². The van der Waals surface area contributed by atoms with Crippen LogP contribution in [0.1, 0.15) is 6.92 Å². The SMILES string of the molecule is CC(CO)COc1ccc2ncccc2c1. The Kier molecular flexibility index (Phi) is 3.37. The maximum Gasteiger partial charge on any atom is 0.120 e. The summed E-state index contributed by atoms with van der Waals surface area (Å²) in [6.07, 6.45) is 1.77. The molecule has 1 atom stereocenters. The third kappa shape index (κ3) is 2.49. The summed E-state index contributed by atoms with van der Waals surface area (Å²) in [5.41, 5.74) is 0.963. The number of aliphatic hydroxyl groups is 1. The largest absolute Gasteiger partial charge is 0.493 e. The first-order valence-electron chi connectivity index (χ1n) is 5.38. The molecule has 1 aromatic carbocycles. The molecule has 0 bridgehead atoms. The fraction of sp³-hybridized carbons (Fsp3) is 0.308. The maximum atomic E-state index is 8.89. The lowest BCUT2D eigenvalue weighted by Crippen LogP contribution is -2.11. The Morgan fingerprint density at radius 2 is 2.25 bits per heavy atom. The van der Waals surface area contributed by atoms with Crippen LogP contribution in [0, 0.1) is 5.92 Å². The summed E-state index contributed by atoms with van der Waals surface area (Å²) >= 11 is 0. The first kappa shape index (κ1) is 10.9. The molecule has 0 amide bonds. The summed E-state index contributed by atoms with van der Waals surface area (Å²) < 4.78 is 5.58. The number of rotatable bonds is 4. The van der Waals surface area contributed by atoms with E-state index < -0.39 is 0 Å². The first-order valence-corrected chi connectivity index (χ1v) is 5.38. The smallest absolute Gasteiger partial charge is 0.120 e. The zero-order chi connectivity index (χ0) is 11.4. The van der Waals surface area contributed by atoms with Gasteiger partial charge in [-0.1, -0.05) is 13.0 Å². The Morgan fingerprint density at radius 1 is 1.38 bits per heavy atom. The molecule has 1 N–H and O–H groups in total. The summed E-state index contributed by atoms with van der Waals surface area (Å²) in [6, 6.07) is 9.72. The molecular formula is C13H15NO2. The molecule has 0 radical (unpaired) electrons. The zero-order valence-electron chi connectivity index (χ0n) is 9.26. The molecule has 1 aromatic heterocycles. The number of nitrogens with zero attached hydrogens (tertiary/aromatic N) is 1. The lowest BCUT2D eigenvalue weighted by molar-refractivity contribution is 0.174. The summed E-state index contributed by atoms with van der Waals surface area (Å²) in [5, 5.41) is 9.96. The van der Waals surface area contributed by atoms with Crippen molar-refractivity contribution >= 4 is 10.9 Å². The Bertz CT molecular complexity index is 470. The highest BCUT2D eigenvalue weighted by Gasteiger charge is 2.02. The van der Waals surface area contributed by atoms with Gasteiger partial charge in [-0.05, 0) is 24.3 Å². The van der Waals surface area contributed by atoms with E-state index >= 15 is 0 Å². The van der Waals surface area contributed by atoms with Gasteiger partial charge in [0.05, 0.1) is 12.1 Å². The normalized spacial score (nSPS) is 12.6. The van der Waals surface area contributed by atoms with Crippen LogP contribution in [0.3, 0.4) is 0 Å². The molecule has 3 heteroatoms. The number of hydrogen-bond donors (Lipinski definition) is 1. The van der Waals surface area contributed by atoms with E-state index in [-0.39, 0.29) is 12.5 Å². The molecule has 0 saturated heterocycles. The predicted molar refractivity (Wildman–Crippen MR) is 63.5 cm³/mol. The van der Waals surface area contributed by atoms with Gasteiger partial charge in [0.15, 0.2) is 0 Å².